The molecule has 0 aromatic carbocycles. The number of nitrogens with zero attached hydrogens (tertiary/aromatic N) is 3. The van der Waals surface area contributed by atoms with Crippen molar-refractivity contribution in [1.82, 2.24) is 4.98 Å². The van der Waals surface area contributed by atoms with Gasteiger partial charge < -0.3 is 10.6 Å². The van der Waals surface area contributed by atoms with Gasteiger partial charge in [0.05, 0.1) is 23.6 Å². The maximum atomic E-state index is 11.0. The van der Waals surface area contributed by atoms with Gasteiger partial charge in [0.25, 0.3) is 5.69 Å². The Morgan fingerprint density at radius 1 is 1.58 bits per heavy atom. The number of halogens is 1. The standard InChI is InChI=1S/C11H15ClN4O3/c1-2-3-4-15(7-10(13)17)11-6-8(16(18)19)5-9(12)14-11/h5-6H,2-4,7H2,1H3,(H2,13,17). The number of amides is 1. The van der Waals surface area contributed by atoms with Gasteiger partial charge in [-0.3, -0.25) is 14.9 Å². The number of nitro groups is 1. The third-order valence-electron chi connectivity index (χ3n) is 2.43. The van der Waals surface area contributed by atoms with Gasteiger partial charge in [0.1, 0.15) is 11.0 Å². The Labute approximate surface area is 115 Å². The summed E-state index contributed by atoms with van der Waals surface area (Å²) in [7, 11) is 0. The zero-order valence-corrected chi connectivity index (χ0v) is 11.3. The van der Waals surface area contributed by atoms with E-state index in [0.717, 1.165) is 18.9 Å². The van der Waals surface area contributed by atoms with Gasteiger partial charge in [-0.25, -0.2) is 4.98 Å². The van der Waals surface area contributed by atoms with E-state index >= 15 is 0 Å². The highest BCUT2D eigenvalue weighted by atomic mass is 35.5. The smallest absolute Gasteiger partial charge is 0.276 e. The Balaban J connectivity index is 3.05. The molecular formula is C11H15ClN4O3. The molecule has 104 valence electrons. The average Bonchev–Trinajstić information content (AvgIpc) is 2.33. The highest BCUT2D eigenvalue weighted by Gasteiger charge is 2.16. The van der Waals surface area contributed by atoms with E-state index in [1.54, 1.807) is 4.90 Å². The van der Waals surface area contributed by atoms with E-state index in [2.05, 4.69) is 4.98 Å². The highest BCUT2D eigenvalue weighted by Crippen LogP contribution is 2.23. The summed E-state index contributed by atoms with van der Waals surface area (Å²) in [6, 6.07) is 2.44. The van der Waals surface area contributed by atoms with Crippen molar-refractivity contribution in [2.75, 3.05) is 18.0 Å². The van der Waals surface area contributed by atoms with Gasteiger partial charge in [0, 0.05) is 6.54 Å². The number of hydrogen-bond acceptors (Lipinski definition) is 5. The Kier molecular flexibility index (Phi) is 5.50. The van der Waals surface area contributed by atoms with Crippen LogP contribution in [0.4, 0.5) is 11.5 Å². The van der Waals surface area contributed by atoms with Gasteiger partial charge in [-0.15, -0.1) is 0 Å². The molecule has 0 saturated heterocycles. The number of rotatable bonds is 7. The third kappa shape index (κ3) is 4.70. The van der Waals surface area contributed by atoms with E-state index in [1.807, 2.05) is 6.92 Å². The molecule has 0 spiro atoms. The summed E-state index contributed by atoms with van der Waals surface area (Å²) in [6.07, 6.45) is 1.73. The molecule has 0 bridgehead atoms. The fraction of sp³-hybridized carbons (Fsp3) is 0.455. The first-order valence-corrected chi connectivity index (χ1v) is 6.17. The van der Waals surface area contributed by atoms with Crippen LogP contribution in [0.15, 0.2) is 12.1 Å². The highest BCUT2D eigenvalue weighted by molar-refractivity contribution is 6.29. The van der Waals surface area contributed by atoms with Crippen LogP contribution in [0.1, 0.15) is 19.8 Å². The van der Waals surface area contributed by atoms with Crippen molar-refractivity contribution in [3.8, 4) is 0 Å². The zero-order chi connectivity index (χ0) is 14.4. The van der Waals surface area contributed by atoms with Gasteiger partial charge in [0.2, 0.25) is 5.91 Å². The summed E-state index contributed by atoms with van der Waals surface area (Å²) in [5, 5.41) is 10.8. The summed E-state index contributed by atoms with van der Waals surface area (Å²) in [4.78, 5) is 26.8. The molecule has 1 amide bonds. The normalized spacial score (nSPS) is 10.2. The van der Waals surface area contributed by atoms with Crippen LogP contribution < -0.4 is 10.6 Å². The zero-order valence-electron chi connectivity index (χ0n) is 10.5. The SMILES string of the molecule is CCCCN(CC(N)=O)c1cc([N+](=O)[O-])cc(Cl)n1. The number of hydrogen-bond donors (Lipinski definition) is 1. The minimum Gasteiger partial charge on any atom is -0.368 e. The first kappa shape index (κ1) is 15.2. The third-order valence-corrected chi connectivity index (χ3v) is 2.62. The first-order valence-electron chi connectivity index (χ1n) is 5.79. The molecule has 2 N–H and O–H groups in total. The van der Waals surface area contributed by atoms with Gasteiger partial charge >= 0.3 is 0 Å². The molecule has 0 aliphatic heterocycles. The Hall–Kier alpha value is -1.89. The molecule has 0 aliphatic rings. The summed E-state index contributed by atoms with van der Waals surface area (Å²) in [6.45, 7) is 2.48. The lowest BCUT2D eigenvalue weighted by Gasteiger charge is -2.21. The largest absolute Gasteiger partial charge is 0.368 e. The molecule has 8 heteroatoms. The van der Waals surface area contributed by atoms with Crippen molar-refractivity contribution in [2.45, 2.75) is 19.8 Å². The fourth-order valence-corrected chi connectivity index (χ4v) is 1.75. The number of primary amides is 1. The molecule has 1 heterocycles. The van der Waals surface area contributed by atoms with E-state index < -0.39 is 10.8 Å². The van der Waals surface area contributed by atoms with Gasteiger partial charge in [-0.1, -0.05) is 24.9 Å². The monoisotopic (exact) mass is 286 g/mol. The van der Waals surface area contributed by atoms with Crippen LogP contribution in [0.5, 0.6) is 0 Å². The van der Waals surface area contributed by atoms with Crippen molar-refractivity contribution in [3.05, 3.63) is 27.4 Å². The van der Waals surface area contributed by atoms with Crippen LogP contribution in [0.25, 0.3) is 0 Å². The summed E-state index contributed by atoms with van der Waals surface area (Å²) in [5.41, 5.74) is 5.00. The second-order valence-corrected chi connectivity index (χ2v) is 4.39. The maximum Gasteiger partial charge on any atom is 0.276 e. The lowest BCUT2D eigenvalue weighted by atomic mass is 10.3. The van der Waals surface area contributed by atoms with E-state index in [4.69, 9.17) is 17.3 Å². The first-order chi connectivity index (χ1) is 8.93. The van der Waals surface area contributed by atoms with E-state index in [9.17, 15) is 14.9 Å². The van der Waals surface area contributed by atoms with Crippen LogP contribution in [0, 0.1) is 10.1 Å². The number of carbonyl (C=O) groups excluding carboxylic acids is 1. The Bertz CT molecular complexity index is 481. The van der Waals surface area contributed by atoms with E-state index in [1.165, 1.54) is 6.07 Å². The van der Waals surface area contributed by atoms with Crippen molar-refractivity contribution in [3.63, 3.8) is 0 Å². The second-order valence-electron chi connectivity index (χ2n) is 4.00. The molecule has 0 aliphatic carbocycles. The summed E-state index contributed by atoms with van der Waals surface area (Å²) < 4.78 is 0. The van der Waals surface area contributed by atoms with Crippen LogP contribution in [-0.4, -0.2) is 28.9 Å². The minimum absolute atomic E-state index is 0.00942. The molecule has 0 fully saturated rings. The topological polar surface area (TPSA) is 102 Å². The maximum absolute atomic E-state index is 11.0. The molecule has 7 nitrogen and oxygen atoms in total. The van der Waals surface area contributed by atoms with Crippen molar-refractivity contribution < 1.29 is 9.72 Å². The van der Waals surface area contributed by atoms with Crippen LogP contribution in [0.3, 0.4) is 0 Å². The molecule has 0 radical (unpaired) electrons. The summed E-state index contributed by atoms with van der Waals surface area (Å²) in [5.74, 6) is -0.244. The summed E-state index contributed by atoms with van der Waals surface area (Å²) >= 11 is 5.75. The molecule has 0 unspecified atom stereocenters. The van der Waals surface area contributed by atoms with E-state index in [-0.39, 0.29) is 23.2 Å². The number of nitrogens with two attached hydrogens (primary N) is 1. The number of unbranched alkanes of at least 4 members (excludes halogenated alkanes) is 1. The number of aromatic nitrogens is 1. The molecule has 0 saturated carbocycles. The fourth-order valence-electron chi connectivity index (χ4n) is 1.55. The lowest BCUT2D eigenvalue weighted by molar-refractivity contribution is -0.384. The second kappa shape index (κ2) is 6.89. The molecular weight excluding hydrogens is 272 g/mol. The van der Waals surface area contributed by atoms with E-state index in [0.29, 0.717) is 6.54 Å². The molecule has 1 rings (SSSR count). The Morgan fingerprint density at radius 2 is 2.26 bits per heavy atom. The molecule has 1 aromatic heterocycles. The van der Waals surface area contributed by atoms with Crippen LogP contribution in [-0.2, 0) is 4.79 Å². The van der Waals surface area contributed by atoms with Crippen LogP contribution >= 0.6 is 11.6 Å². The van der Waals surface area contributed by atoms with Gasteiger partial charge in [-0.05, 0) is 6.42 Å². The predicted molar refractivity (Wildman–Crippen MR) is 72.2 cm³/mol. The van der Waals surface area contributed by atoms with Crippen molar-refractivity contribution in [1.29, 1.82) is 0 Å². The quantitative estimate of drug-likeness (QED) is 0.467. The van der Waals surface area contributed by atoms with Crippen molar-refractivity contribution in [2.24, 2.45) is 5.73 Å². The number of anilines is 1. The average molecular weight is 287 g/mol. The van der Waals surface area contributed by atoms with Gasteiger partial charge in [0.15, 0.2) is 0 Å². The molecule has 1 aromatic rings. The number of carbonyl (C=O) groups is 1. The Morgan fingerprint density at radius 3 is 2.79 bits per heavy atom. The van der Waals surface area contributed by atoms with Gasteiger partial charge in [-0.2, -0.15) is 0 Å². The number of pyridine rings is 1. The minimum atomic E-state index is -0.556. The lowest BCUT2D eigenvalue weighted by Crippen LogP contribution is -2.35. The van der Waals surface area contributed by atoms with Crippen LogP contribution in [0.2, 0.25) is 5.15 Å². The predicted octanol–water partition coefficient (Wildman–Crippen LogP) is 1.74. The molecule has 19 heavy (non-hydrogen) atoms. The molecule has 0 atom stereocenters. The van der Waals surface area contributed by atoms with Crippen molar-refractivity contribution >= 4 is 29.0 Å².